The van der Waals surface area contributed by atoms with E-state index in [1.165, 1.54) is 0 Å². The van der Waals surface area contributed by atoms with E-state index in [9.17, 15) is 4.79 Å². The van der Waals surface area contributed by atoms with Crippen molar-refractivity contribution in [3.05, 3.63) is 59.2 Å². The van der Waals surface area contributed by atoms with E-state index in [0.717, 1.165) is 16.9 Å². The lowest BCUT2D eigenvalue weighted by Gasteiger charge is -2.12. The summed E-state index contributed by atoms with van der Waals surface area (Å²) in [5.41, 5.74) is 5.57. The molecule has 0 saturated carbocycles. The van der Waals surface area contributed by atoms with Gasteiger partial charge < -0.3 is 15.5 Å². The van der Waals surface area contributed by atoms with Crippen molar-refractivity contribution in [2.24, 2.45) is 5.84 Å². The molecule has 2 aromatic rings. The summed E-state index contributed by atoms with van der Waals surface area (Å²) >= 11 is 0. The molecule has 5 heteroatoms. The molecule has 0 heterocycles. The Hall–Kier alpha value is -2.53. The van der Waals surface area contributed by atoms with Crippen LogP contribution in [0.5, 0.6) is 5.75 Å². The van der Waals surface area contributed by atoms with Crippen molar-refractivity contribution >= 4 is 11.6 Å². The summed E-state index contributed by atoms with van der Waals surface area (Å²) < 4.78 is 5.26. The Labute approximate surface area is 124 Å². The molecule has 110 valence electrons. The number of hydrogen-bond acceptors (Lipinski definition) is 4. The van der Waals surface area contributed by atoms with Crippen LogP contribution in [0.4, 0.5) is 5.69 Å². The maximum atomic E-state index is 12.3. The number of carbonyl (C=O) groups excluding carboxylic acids is 1. The normalized spacial score (nSPS) is 10.0. The highest BCUT2D eigenvalue weighted by Crippen LogP contribution is 2.19. The molecular formula is C16H19N3O2. The molecule has 4 N–H and O–H groups in total. The first-order valence-corrected chi connectivity index (χ1v) is 6.63. The van der Waals surface area contributed by atoms with E-state index in [4.69, 9.17) is 10.6 Å². The van der Waals surface area contributed by atoms with Gasteiger partial charge in [-0.1, -0.05) is 29.8 Å². The fourth-order valence-corrected chi connectivity index (χ4v) is 2.09. The average Bonchev–Trinajstić information content (AvgIpc) is 2.52. The molecule has 0 aromatic heterocycles. The molecule has 0 bridgehead atoms. The molecule has 0 aliphatic heterocycles. The Morgan fingerprint density at radius 2 is 2.00 bits per heavy atom. The van der Waals surface area contributed by atoms with Gasteiger partial charge in [0.1, 0.15) is 5.75 Å². The molecule has 0 aliphatic rings. The van der Waals surface area contributed by atoms with Crippen molar-refractivity contribution in [2.75, 3.05) is 12.5 Å². The number of para-hydroxylation sites is 1. The second-order valence-electron chi connectivity index (χ2n) is 4.69. The molecule has 0 atom stereocenters. The molecule has 0 unspecified atom stereocenters. The number of hydrazine groups is 1. The minimum atomic E-state index is -0.183. The van der Waals surface area contributed by atoms with Gasteiger partial charge in [-0.2, -0.15) is 0 Å². The van der Waals surface area contributed by atoms with Crippen molar-refractivity contribution in [1.29, 1.82) is 0 Å². The predicted octanol–water partition coefficient (Wildman–Crippen LogP) is 2.22. The summed E-state index contributed by atoms with van der Waals surface area (Å²) in [5.74, 6) is 6.01. The Kier molecular flexibility index (Phi) is 4.79. The van der Waals surface area contributed by atoms with Gasteiger partial charge in [-0.25, -0.2) is 0 Å². The van der Waals surface area contributed by atoms with Gasteiger partial charge in [0, 0.05) is 12.1 Å². The van der Waals surface area contributed by atoms with Gasteiger partial charge >= 0.3 is 0 Å². The van der Waals surface area contributed by atoms with Crippen LogP contribution in [-0.4, -0.2) is 13.0 Å². The van der Waals surface area contributed by atoms with Crippen molar-refractivity contribution in [3.63, 3.8) is 0 Å². The lowest BCUT2D eigenvalue weighted by molar-refractivity contribution is 0.0951. The maximum Gasteiger partial charge on any atom is 0.253 e. The predicted molar refractivity (Wildman–Crippen MR) is 83.2 cm³/mol. The second kappa shape index (κ2) is 6.76. The van der Waals surface area contributed by atoms with Gasteiger partial charge in [-0.3, -0.25) is 10.6 Å². The van der Waals surface area contributed by atoms with Crippen molar-refractivity contribution in [2.45, 2.75) is 13.5 Å². The molecule has 5 nitrogen and oxygen atoms in total. The minimum Gasteiger partial charge on any atom is -0.496 e. The van der Waals surface area contributed by atoms with Crippen molar-refractivity contribution < 1.29 is 9.53 Å². The van der Waals surface area contributed by atoms with E-state index in [-0.39, 0.29) is 5.91 Å². The van der Waals surface area contributed by atoms with Crippen LogP contribution in [0.1, 0.15) is 21.5 Å². The Morgan fingerprint density at radius 3 is 2.71 bits per heavy atom. The van der Waals surface area contributed by atoms with Gasteiger partial charge in [0.2, 0.25) is 0 Å². The van der Waals surface area contributed by atoms with Crippen LogP contribution in [0.25, 0.3) is 0 Å². The summed E-state index contributed by atoms with van der Waals surface area (Å²) in [7, 11) is 1.61. The van der Waals surface area contributed by atoms with Gasteiger partial charge in [0.25, 0.3) is 5.91 Å². The summed E-state index contributed by atoms with van der Waals surface area (Å²) in [6.07, 6.45) is 0. The smallest absolute Gasteiger partial charge is 0.253 e. The highest BCUT2D eigenvalue weighted by atomic mass is 16.5. The number of rotatable bonds is 5. The van der Waals surface area contributed by atoms with Crippen molar-refractivity contribution in [1.82, 2.24) is 5.32 Å². The fraction of sp³-hybridized carbons (Fsp3) is 0.188. The molecule has 0 spiro atoms. The number of aryl methyl sites for hydroxylation is 1. The molecule has 21 heavy (non-hydrogen) atoms. The molecule has 2 aromatic carbocycles. The Bertz CT molecular complexity index is 641. The number of amides is 1. The third-order valence-electron chi connectivity index (χ3n) is 3.21. The number of carbonyl (C=O) groups is 1. The number of nitrogens with two attached hydrogens (primary N) is 1. The minimum absolute atomic E-state index is 0.183. The number of methoxy groups -OCH3 is 1. The van der Waals surface area contributed by atoms with Crippen LogP contribution >= 0.6 is 0 Å². The van der Waals surface area contributed by atoms with Crippen LogP contribution in [0.15, 0.2) is 42.5 Å². The molecule has 0 saturated heterocycles. The van der Waals surface area contributed by atoms with E-state index in [2.05, 4.69) is 10.7 Å². The quantitative estimate of drug-likeness (QED) is 0.581. The van der Waals surface area contributed by atoms with E-state index in [1.807, 2.05) is 37.3 Å². The van der Waals surface area contributed by atoms with Gasteiger partial charge in [0.05, 0.1) is 18.4 Å². The summed E-state index contributed by atoms with van der Waals surface area (Å²) in [6, 6.07) is 13.1. The maximum absolute atomic E-state index is 12.3. The van der Waals surface area contributed by atoms with Gasteiger partial charge in [0.15, 0.2) is 0 Å². The zero-order chi connectivity index (χ0) is 15.2. The van der Waals surface area contributed by atoms with Crippen LogP contribution in [0.2, 0.25) is 0 Å². The fourth-order valence-electron chi connectivity index (χ4n) is 2.09. The van der Waals surface area contributed by atoms with E-state index in [1.54, 1.807) is 19.2 Å². The Balaban J connectivity index is 2.13. The first-order chi connectivity index (χ1) is 10.2. The highest BCUT2D eigenvalue weighted by molar-refractivity contribution is 5.99. The molecule has 2 rings (SSSR count). The lowest BCUT2D eigenvalue weighted by Crippen LogP contribution is -2.25. The van der Waals surface area contributed by atoms with E-state index >= 15 is 0 Å². The SMILES string of the molecule is COc1ccccc1CNC(=O)c1cc(C)ccc1NN. The zero-order valence-corrected chi connectivity index (χ0v) is 12.1. The molecule has 0 aliphatic carbocycles. The zero-order valence-electron chi connectivity index (χ0n) is 12.1. The van der Waals surface area contributed by atoms with Gasteiger partial charge in [-0.05, 0) is 25.1 Å². The molecule has 1 amide bonds. The van der Waals surface area contributed by atoms with Crippen LogP contribution in [-0.2, 0) is 6.54 Å². The molecule has 0 fully saturated rings. The molecule has 0 radical (unpaired) electrons. The average molecular weight is 285 g/mol. The summed E-state index contributed by atoms with van der Waals surface area (Å²) in [5, 5.41) is 2.88. The monoisotopic (exact) mass is 285 g/mol. The molecular weight excluding hydrogens is 266 g/mol. The standard InChI is InChI=1S/C16H19N3O2/c1-11-7-8-14(19-17)13(9-11)16(20)18-10-12-5-3-4-6-15(12)21-2/h3-9,19H,10,17H2,1-2H3,(H,18,20). The van der Waals surface area contributed by atoms with E-state index < -0.39 is 0 Å². The van der Waals surface area contributed by atoms with Crippen LogP contribution in [0, 0.1) is 6.92 Å². The third kappa shape index (κ3) is 3.52. The third-order valence-corrected chi connectivity index (χ3v) is 3.21. The first kappa shape index (κ1) is 14.9. The van der Waals surface area contributed by atoms with Gasteiger partial charge in [-0.15, -0.1) is 0 Å². The number of nitrogen functional groups attached to an aromatic ring is 1. The topological polar surface area (TPSA) is 76.4 Å². The number of benzene rings is 2. The number of nitrogens with one attached hydrogen (secondary N) is 2. The number of hydrogen-bond donors (Lipinski definition) is 3. The van der Waals surface area contributed by atoms with Crippen LogP contribution in [0.3, 0.4) is 0 Å². The highest BCUT2D eigenvalue weighted by Gasteiger charge is 2.12. The lowest BCUT2D eigenvalue weighted by atomic mass is 10.1. The summed E-state index contributed by atoms with van der Waals surface area (Å²) in [4.78, 5) is 12.3. The van der Waals surface area contributed by atoms with E-state index in [0.29, 0.717) is 17.8 Å². The second-order valence-corrected chi connectivity index (χ2v) is 4.69. The number of anilines is 1. The summed E-state index contributed by atoms with van der Waals surface area (Å²) in [6.45, 7) is 2.32. The Morgan fingerprint density at radius 1 is 1.24 bits per heavy atom. The largest absolute Gasteiger partial charge is 0.496 e. The number of ether oxygens (including phenoxy) is 1. The van der Waals surface area contributed by atoms with Crippen molar-refractivity contribution in [3.8, 4) is 5.75 Å². The van der Waals surface area contributed by atoms with Crippen LogP contribution < -0.4 is 21.3 Å². The first-order valence-electron chi connectivity index (χ1n) is 6.63.